The van der Waals surface area contributed by atoms with Gasteiger partial charge in [-0.15, -0.1) is 0 Å². The van der Waals surface area contributed by atoms with Gasteiger partial charge in [-0.3, -0.25) is 14.4 Å². The van der Waals surface area contributed by atoms with Crippen LogP contribution < -0.4 is 14.9 Å². The third-order valence-corrected chi connectivity index (χ3v) is 3.69. The summed E-state index contributed by atoms with van der Waals surface area (Å²) in [6.45, 7) is 1.40. The second-order valence-electron chi connectivity index (χ2n) is 3.82. The first-order valence-corrected chi connectivity index (χ1v) is 6.10. The van der Waals surface area contributed by atoms with E-state index in [1.54, 1.807) is 28.8 Å². The van der Waals surface area contributed by atoms with Gasteiger partial charge in [0.1, 0.15) is 5.75 Å². The predicted octanol–water partition coefficient (Wildman–Crippen LogP) is 0.0774. The van der Waals surface area contributed by atoms with Crippen LogP contribution in [0, 0.1) is 0 Å². The molecule has 0 fully saturated rings. The van der Waals surface area contributed by atoms with Gasteiger partial charge in [0.25, 0.3) is 5.56 Å². The first-order valence-electron chi connectivity index (χ1n) is 5.29. The molecule has 0 unspecified atom stereocenters. The van der Waals surface area contributed by atoms with Crippen LogP contribution in [0.15, 0.2) is 34.1 Å². The van der Waals surface area contributed by atoms with Gasteiger partial charge < -0.3 is 5.11 Å². The number of fused-ring (bicyclic) bond motifs is 1. The third kappa shape index (κ3) is 1.78. The smallest absolute Gasteiger partial charge is 0.270 e. The molecule has 1 aromatic heterocycles. The minimum Gasteiger partial charge on any atom is -0.508 e. The first kappa shape index (κ1) is 10.3. The fourth-order valence-electron chi connectivity index (χ4n) is 1.79. The molecule has 3 rings (SSSR count). The minimum atomic E-state index is 0.0272. The summed E-state index contributed by atoms with van der Waals surface area (Å²) < 4.78 is 2.39. The molecule has 5 heteroatoms. The predicted molar refractivity (Wildman–Crippen MR) is 65.9 cm³/mol. The highest BCUT2D eigenvalue weighted by Gasteiger charge is 2.09. The van der Waals surface area contributed by atoms with Gasteiger partial charge in [0, 0.05) is 6.54 Å². The fourth-order valence-corrected chi connectivity index (χ4v) is 2.82. The van der Waals surface area contributed by atoms with Crippen LogP contribution >= 0.6 is 11.3 Å². The Morgan fingerprint density at radius 3 is 2.82 bits per heavy atom. The first-order chi connectivity index (χ1) is 8.24. The van der Waals surface area contributed by atoms with Crippen molar-refractivity contribution in [2.45, 2.75) is 6.54 Å². The molecule has 0 atom stereocenters. The average Bonchev–Trinajstić information content (AvgIpc) is 2.87. The summed E-state index contributed by atoms with van der Waals surface area (Å²) in [6.07, 6.45) is 1.83. The number of benzene rings is 1. The lowest BCUT2D eigenvalue weighted by atomic mass is 10.2. The van der Waals surface area contributed by atoms with Gasteiger partial charge in [0.05, 0.1) is 11.1 Å². The van der Waals surface area contributed by atoms with E-state index in [9.17, 15) is 9.90 Å². The number of hydrogen-bond donors (Lipinski definition) is 1. The van der Waals surface area contributed by atoms with Crippen LogP contribution in [0.5, 0.6) is 5.75 Å². The van der Waals surface area contributed by atoms with Crippen molar-refractivity contribution in [3.63, 3.8) is 0 Å². The van der Waals surface area contributed by atoms with Crippen LogP contribution in [-0.4, -0.2) is 16.2 Å². The minimum absolute atomic E-state index is 0.0272. The Kier molecular flexibility index (Phi) is 2.33. The average molecular weight is 246 g/mol. The highest BCUT2D eigenvalue weighted by Crippen LogP contribution is 2.09. The van der Waals surface area contributed by atoms with Crippen LogP contribution in [-0.2, 0) is 6.54 Å². The van der Waals surface area contributed by atoms with E-state index in [-0.39, 0.29) is 11.3 Å². The molecule has 0 spiro atoms. The molecule has 17 heavy (non-hydrogen) atoms. The summed E-state index contributed by atoms with van der Waals surface area (Å²) in [5.41, 5.74) is 0.930. The number of rotatable bonds is 1. The number of nitrogens with zero attached hydrogens (tertiary/aromatic N) is 2. The maximum absolute atomic E-state index is 12.0. The summed E-state index contributed by atoms with van der Waals surface area (Å²) in [6, 6.07) is 6.77. The Bertz CT molecular complexity index is 725. The third-order valence-electron chi connectivity index (χ3n) is 2.65. The Balaban J connectivity index is 2.17. The lowest BCUT2D eigenvalue weighted by Crippen LogP contribution is -2.29. The molecule has 4 nitrogen and oxygen atoms in total. The molecule has 0 saturated carbocycles. The largest absolute Gasteiger partial charge is 0.508 e. The van der Waals surface area contributed by atoms with E-state index in [0.29, 0.717) is 17.6 Å². The van der Waals surface area contributed by atoms with E-state index >= 15 is 0 Å². The SMILES string of the molecule is O=c1/c(=C/c2ccc(O)cc2)sc2n1CCN=2. The number of aromatic hydroxyl groups is 1. The van der Waals surface area contributed by atoms with Crippen molar-refractivity contribution in [3.8, 4) is 5.75 Å². The molecule has 86 valence electrons. The van der Waals surface area contributed by atoms with Crippen LogP contribution in [0.2, 0.25) is 0 Å². The highest BCUT2D eigenvalue weighted by molar-refractivity contribution is 7.07. The van der Waals surface area contributed by atoms with E-state index < -0.39 is 0 Å². The molecule has 1 aliphatic rings. The van der Waals surface area contributed by atoms with E-state index in [4.69, 9.17) is 0 Å². The van der Waals surface area contributed by atoms with Crippen LogP contribution in [0.4, 0.5) is 0 Å². The van der Waals surface area contributed by atoms with Crippen LogP contribution in [0.3, 0.4) is 0 Å². The molecule has 0 radical (unpaired) electrons. The Morgan fingerprint density at radius 2 is 2.12 bits per heavy atom. The maximum Gasteiger partial charge on any atom is 0.270 e. The lowest BCUT2D eigenvalue weighted by molar-refractivity contribution is 0.475. The second kappa shape index (κ2) is 3.85. The van der Waals surface area contributed by atoms with Gasteiger partial charge in [0.2, 0.25) is 0 Å². The highest BCUT2D eigenvalue weighted by atomic mass is 32.1. The molecule has 2 aromatic rings. The van der Waals surface area contributed by atoms with Gasteiger partial charge in [-0.25, -0.2) is 0 Å². The zero-order chi connectivity index (χ0) is 11.8. The monoisotopic (exact) mass is 246 g/mol. The molecule has 0 bridgehead atoms. The molecular formula is C12H10N2O2S. The number of aromatic nitrogens is 1. The van der Waals surface area contributed by atoms with E-state index in [1.165, 1.54) is 11.3 Å². The molecule has 0 aliphatic carbocycles. The molecule has 1 aromatic carbocycles. The van der Waals surface area contributed by atoms with Gasteiger partial charge in [-0.1, -0.05) is 23.5 Å². The number of hydrogen-bond acceptors (Lipinski definition) is 4. The standard InChI is InChI=1S/C12H10N2O2S/c15-9-3-1-8(2-4-9)7-10-11(16)14-6-5-13-12(14)17-10/h1-4,7,15H,5-6H2/b10-7-. The second-order valence-corrected chi connectivity index (χ2v) is 4.83. The molecule has 0 amide bonds. The zero-order valence-corrected chi connectivity index (χ0v) is 9.78. The van der Waals surface area contributed by atoms with E-state index in [2.05, 4.69) is 4.99 Å². The summed E-state index contributed by atoms with van der Waals surface area (Å²) in [5.74, 6) is 0.225. The van der Waals surface area contributed by atoms with Gasteiger partial charge in [-0.2, -0.15) is 0 Å². The summed E-state index contributed by atoms with van der Waals surface area (Å²) in [5, 5.41) is 9.18. The van der Waals surface area contributed by atoms with E-state index in [1.807, 2.05) is 6.08 Å². The summed E-state index contributed by atoms with van der Waals surface area (Å²) in [7, 11) is 0. The van der Waals surface area contributed by atoms with Crippen molar-refractivity contribution in [2.24, 2.45) is 4.99 Å². The molecule has 1 aliphatic heterocycles. The summed E-state index contributed by atoms with van der Waals surface area (Å²) in [4.78, 5) is 17.0. The van der Waals surface area contributed by atoms with Crippen molar-refractivity contribution in [2.75, 3.05) is 6.54 Å². The summed E-state index contributed by atoms with van der Waals surface area (Å²) >= 11 is 1.41. The van der Waals surface area contributed by atoms with Crippen molar-refractivity contribution >= 4 is 17.4 Å². The Morgan fingerprint density at radius 1 is 1.35 bits per heavy atom. The zero-order valence-electron chi connectivity index (χ0n) is 8.96. The fraction of sp³-hybridized carbons (Fsp3) is 0.167. The van der Waals surface area contributed by atoms with Crippen molar-refractivity contribution in [3.05, 3.63) is 49.5 Å². The molecule has 0 saturated heterocycles. The molecular weight excluding hydrogens is 236 g/mol. The van der Waals surface area contributed by atoms with Crippen molar-refractivity contribution < 1.29 is 5.11 Å². The Hall–Kier alpha value is -1.88. The lowest BCUT2D eigenvalue weighted by Gasteiger charge is -1.92. The van der Waals surface area contributed by atoms with Gasteiger partial charge in [-0.05, 0) is 23.8 Å². The van der Waals surface area contributed by atoms with E-state index in [0.717, 1.165) is 10.4 Å². The number of thiazole rings is 1. The van der Waals surface area contributed by atoms with Crippen molar-refractivity contribution in [1.29, 1.82) is 0 Å². The molecule has 2 heterocycles. The normalized spacial score (nSPS) is 14.7. The van der Waals surface area contributed by atoms with Crippen molar-refractivity contribution in [1.82, 2.24) is 4.57 Å². The number of phenols is 1. The quantitative estimate of drug-likeness (QED) is 0.774. The topological polar surface area (TPSA) is 54.6 Å². The van der Waals surface area contributed by atoms with Gasteiger partial charge in [0.15, 0.2) is 4.80 Å². The van der Waals surface area contributed by atoms with Gasteiger partial charge >= 0.3 is 0 Å². The molecule has 1 N–H and O–H groups in total. The van der Waals surface area contributed by atoms with Crippen LogP contribution in [0.1, 0.15) is 5.56 Å². The Labute approximate surface area is 101 Å². The number of phenolic OH excluding ortho intramolecular Hbond substituents is 1. The van der Waals surface area contributed by atoms with Crippen LogP contribution in [0.25, 0.3) is 6.08 Å². The maximum atomic E-state index is 12.0.